The fourth-order valence-electron chi connectivity index (χ4n) is 3.08. The van der Waals surface area contributed by atoms with E-state index < -0.39 is 11.9 Å². The molecule has 6 nitrogen and oxygen atoms in total. The van der Waals surface area contributed by atoms with Crippen LogP contribution in [0.3, 0.4) is 0 Å². The van der Waals surface area contributed by atoms with Gasteiger partial charge in [-0.3, -0.25) is 4.79 Å². The third kappa shape index (κ3) is 4.57. The van der Waals surface area contributed by atoms with Crippen molar-refractivity contribution in [2.24, 2.45) is 0 Å². The minimum absolute atomic E-state index is 0.147. The molecule has 0 unspecified atom stereocenters. The van der Waals surface area contributed by atoms with E-state index >= 15 is 0 Å². The minimum Gasteiger partial charge on any atom is -0.485 e. The fourth-order valence-corrected chi connectivity index (χ4v) is 4.12. The highest BCUT2D eigenvalue weighted by Crippen LogP contribution is 2.33. The molecular formula is C23H25NO5S. The highest BCUT2D eigenvalue weighted by Gasteiger charge is 2.23. The first kappa shape index (κ1) is 21.6. The van der Waals surface area contributed by atoms with E-state index in [-0.39, 0.29) is 19.0 Å². The molecule has 30 heavy (non-hydrogen) atoms. The molecule has 2 aromatic heterocycles. The molecule has 1 aromatic carbocycles. The number of thiophene rings is 1. The van der Waals surface area contributed by atoms with Crippen molar-refractivity contribution in [2.75, 3.05) is 11.9 Å². The van der Waals surface area contributed by atoms with Gasteiger partial charge >= 0.3 is 5.97 Å². The second-order valence-electron chi connectivity index (χ2n) is 6.94. The summed E-state index contributed by atoms with van der Waals surface area (Å²) >= 11 is 1.34. The average molecular weight is 428 g/mol. The Hall–Kier alpha value is -3.06. The van der Waals surface area contributed by atoms with Crippen LogP contribution in [-0.4, -0.2) is 18.5 Å². The minimum atomic E-state index is -0.447. The fraction of sp³-hybridized carbons (Fsp3) is 0.304. The molecular weight excluding hydrogens is 402 g/mol. The SMILES string of the molecule is CCOC(=O)c1c(NC(=O)c2ccc(COc3c(C)cccc3C)o2)sc(C)c1C. The summed E-state index contributed by atoms with van der Waals surface area (Å²) in [4.78, 5) is 25.9. The van der Waals surface area contributed by atoms with Crippen molar-refractivity contribution in [3.8, 4) is 5.75 Å². The number of esters is 1. The smallest absolute Gasteiger partial charge is 0.341 e. The largest absolute Gasteiger partial charge is 0.485 e. The third-order valence-electron chi connectivity index (χ3n) is 4.74. The number of carbonyl (C=O) groups excluding carboxylic acids is 2. The first-order valence-electron chi connectivity index (χ1n) is 9.68. The standard InChI is InChI=1S/C23H25NO5S/c1-6-27-23(26)19-15(4)16(5)30-22(19)24-21(25)18-11-10-17(29-18)12-28-20-13(2)8-7-9-14(20)3/h7-11H,6,12H2,1-5H3,(H,24,25). The van der Waals surface area contributed by atoms with Gasteiger partial charge in [-0.1, -0.05) is 18.2 Å². The molecule has 1 amide bonds. The van der Waals surface area contributed by atoms with Crippen LogP contribution in [0.4, 0.5) is 5.00 Å². The number of rotatable bonds is 7. The Labute approximate surface area is 179 Å². The van der Waals surface area contributed by atoms with Gasteiger partial charge in [-0.05, 0) is 63.4 Å². The van der Waals surface area contributed by atoms with Crippen LogP contribution in [0.15, 0.2) is 34.7 Å². The van der Waals surface area contributed by atoms with Gasteiger partial charge in [0, 0.05) is 4.88 Å². The van der Waals surface area contributed by atoms with Crippen LogP contribution in [0.5, 0.6) is 5.75 Å². The molecule has 0 saturated carbocycles. The zero-order valence-electron chi connectivity index (χ0n) is 17.8. The lowest BCUT2D eigenvalue weighted by Gasteiger charge is -2.10. The Kier molecular flexibility index (Phi) is 6.62. The van der Waals surface area contributed by atoms with Crippen LogP contribution in [0.1, 0.15) is 55.2 Å². The van der Waals surface area contributed by atoms with Crippen LogP contribution in [-0.2, 0) is 11.3 Å². The molecule has 0 saturated heterocycles. The maximum Gasteiger partial charge on any atom is 0.341 e. The summed E-state index contributed by atoms with van der Waals surface area (Å²) in [7, 11) is 0. The van der Waals surface area contributed by atoms with Gasteiger partial charge in [0.1, 0.15) is 23.1 Å². The number of amides is 1. The number of hydrogen-bond donors (Lipinski definition) is 1. The number of anilines is 1. The summed E-state index contributed by atoms with van der Waals surface area (Å²) in [6.45, 7) is 9.92. The second-order valence-corrected chi connectivity index (χ2v) is 8.16. The number of benzene rings is 1. The quantitative estimate of drug-likeness (QED) is 0.498. The van der Waals surface area contributed by atoms with Gasteiger partial charge in [-0.15, -0.1) is 11.3 Å². The van der Waals surface area contributed by atoms with E-state index in [2.05, 4.69) is 5.32 Å². The third-order valence-corrected chi connectivity index (χ3v) is 5.87. The molecule has 3 aromatic rings. The van der Waals surface area contributed by atoms with Crippen LogP contribution in [0.2, 0.25) is 0 Å². The highest BCUT2D eigenvalue weighted by molar-refractivity contribution is 7.16. The van der Waals surface area contributed by atoms with Crippen molar-refractivity contribution in [2.45, 2.75) is 41.2 Å². The monoisotopic (exact) mass is 427 g/mol. The van der Waals surface area contributed by atoms with Crippen LogP contribution >= 0.6 is 11.3 Å². The zero-order valence-corrected chi connectivity index (χ0v) is 18.6. The molecule has 158 valence electrons. The first-order valence-corrected chi connectivity index (χ1v) is 10.5. The normalized spacial score (nSPS) is 10.7. The van der Waals surface area contributed by atoms with E-state index in [9.17, 15) is 9.59 Å². The molecule has 0 aliphatic heterocycles. The van der Waals surface area contributed by atoms with Crippen molar-refractivity contribution >= 4 is 28.2 Å². The summed E-state index contributed by atoms with van der Waals surface area (Å²) in [5, 5.41) is 3.23. The van der Waals surface area contributed by atoms with Gasteiger partial charge in [-0.2, -0.15) is 0 Å². The summed E-state index contributed by atoms with van der Waals surface area (Å²) < 4.78 is 16.7. The Bertz CT molecular complexity index is 1060. The summed E-state index contributed by atoms with van der Waals surface area (Å²) in [5.41, 5.74) is 3.26. The van der Waals surface area contributed by atoms with Crippen molar-refractivity contribution in [3.05, 3.63) is 69.0 Å². The molecule has 0 aliphatic carbocycles. The molecule has 0 atom stereocenters. The van der Waals surface area contributed by atoms with Crippen molar-refractivity contribution < 1.29 is 23.5 Å². The van der Waals surface area contributed by atoms with Crippen LogP contribution < -0.4 is 10.1 Å². The second kappa shape index (κ2) is 9.17. The average Bonchev–Trinajstić information content (AvgIpc) is 3.27. The Morgan fingerprint density at radius 2 is 1.77 bits per heavy atom. The van der Waals surface area contributed by atoms with Crippen LogP contribution in [0.25, 0.3) is 0 Å². The molecule has 3 rings (SSSR count). The number of hydrogen-bond acceptors (Lipinski definition) is 6. The van der Waals surface area contributed by atoms with Crippen molar-refractivity contribution in [1.29, 1.82) is 0 Å². The predicted molar refractivity (Wildman–Crippen MR) is 117 cm³/mol. The number of para-hydroxylation sites is 1. The summed E-state index contributed by atoms with van der Waals surface area (Å²) in [6.07, 6.45) is 0. The first-order chi connectivity index (χ1) is 14.3. The number of ether oxygens (including phenoxy) is 2. The summed E-state index contributed by atoms with van der Waals surface area (Å²) in [6, 6.07) is 9.24. The Morgan fingerprint density at radius 3 is 2.43 bits per heavy atom. The van der Waals surface area contributed by atoms with Crippen molar-refractivity contribution in [1.82, 2.24) is 0 Å². The molecule has 0 fully saturated rings. The van der Waals surface area contributed by atoms with Gasteiger partial charge in [0.15, 0.2) is 5.76 Å². The van der Waals surface area contributed by atoms with Gasteiger partial charge in [0.25, 0.3) is 5.91 Å². The topological polar surface area (TPSA) is 77.8 Å². The van der Waals surface area contributed by atoms with Gasteiger partial charge < -0.3 is 19.2 Å². The molecule has 1 N–H and O–H groups in total. The van der Waals surface area contributed by atoms with E-state index in [1.54, 1.807) is 19.1 Å². The molecule has 0 bridgehead atoms. The van der Waals surface area contributed by atoms with E-state index in [0.29, 0.717) is 16.3 Å². The lowest BCUT2D eigenvalue weighted by Crippen LogP contribution is -2.14. The molecule has 7 heteroatoms. The highest BCUT2D eigenvalue weighted by atomic mass is 32.1. The predicted octanol–water partition coefficient (Wildman–Crippen LogP) is 5.58. The maximum atomic E-state index is 12.7. The van der Waals surface area contributed by atoms with Gasteiger partial charge in [0.05, 0.1) is 12.2 Å². The maximum absolute atomic E-state index is 12.7. The summed E-state index contributed by atoms with van der Waals surface area (Å²) in [5.74, 6) is 0.612. The molecule has 0 radical (unpaired) electrons. The molecule has 2 heterocycles. The molecule has 0 spiro atoms. The van der Waals surface area contributed by atoms with Gasteiger partial charge in [-0.25, -0.2) is 4.79 Å². The lowest BCUT2D eigenvalue weighted by atomic mass is 10.1. The number of aryl methyl sites for hydroxylation is 3. The van der Waals surface area contributed by atoms with Crippen LogP contribution in [0, 0.1) is 27.7 Å². The zero-order chi connectivity index (χ0) is 21.8. The van der Waals surface area contributed by atoms with E-state index in [1.165, 1.54) is 11.3 Å². The van der Waals surface area contributed by atoms with Gasteiger partial charge in [0.2, 0.25) is 0 Å². The lowest BCUT2D eigenvalue weighted by molar-refractivity contribution is 0.0527. The van der Waals surface area contributed by atoms with Crippen molar-refractivity contribution in [3.63, 3.8) is 0 Å². The van der Waals surface area contributed by atoms with E-state index in [1.807, 2.05) is 45.9 Å². The molecule has 0 aliphatic rings. The number of nitrogens with one attached hydrogen (secondary N) is 1. The number of furan rings is 1. The van der Waals surface area contributed by atoms with E-state index in [0.717, 1.165) is 27.3 Å². The Morgan fingerprint density at radius 1 is 1.07 bits per heavy atom. The van der Waals surface area contributed by atoms with E-state index in [4.69, 9.17) is 13.9 Å². The number of carbonyl (C=O) groups is 2. The Balaban J connectivity index is 1.72.